The fourth-order valence-electron chi connectivity index (χ4n) is 4.36. The van der Waals surface area contributed by atoms with Crippen LogP contribution in [0, 0.1) is 11.3 Å². The Balaban J connectivity index is 1.51. The van der Waals surface area contributed by atoms with Gasteiger partial charge in [0.15, 0.2) is 0 Å². The van der Waals surface area contributed by atoms with Crippen LogP contribution in [0.25, 0.3) is 0 Å². The van der Waals surface area contributed by atoms with Crippen molar-refractivity contribution in [1.82, 2.24) is 15.5 Å². The van der Waals surface area contributed by atoms with Crippen molar-refractivity contribution in [2.45, 2.75) is 56.7 Å². The molecule has 1 heterocycles. The lowest BCUT2D eigenvalue weighted by Crippen LogP contribution is -2.57. The number of hydrogen-bond acceptors (Lipinski definition) is 5. The summed E-state index contributed by atoms with van der Waals surface area (Å²) in [4.78, 5) is 39.1. The fraction of sp³-hybridized carbons (Fsp3) is 0.545. The summed E-state index contributed by atoms with van der Waals surface area (Å²) < 4.78 is 0. The van der Waals surface area contributed by atoms with E-state index in [1.54, 1.807) is 0 Å². The first-order chi connectivity index (χ1) is 14.8. The molecule has 3 amide bonds. The number of piperidine rings is 1. The zero-order chi connectivity index (χ0) is 22.4. The summed E-state index contributed by atoms with van der Waals surface area (Å²) >= 11 is 0. The maximum Gasteiger partial charge on any atom is 0.245 e. The second-order valence-electron chi connectivity index (χ2n) is 8.34. The lowest BCUT2D eigenvalue weighted by molar-refractivity contribution is -0.142. The Morgan fingerprint density at radius 2 is 1.84 bits per heavy atom. The Morgan fingerprint density at radius 3 is 2.55 bits per heavy atom. The van der Waals surface area contributed by atoms with Crippen molar-refractivity contribution in [3.63, 3.8) is 0 Å². The maximum absolute atomic E-state index is 12.8. The van der Waals surface area contributed by atoms with Gasteiger partial charge in [0.1, 0.15) is 6.04 Å². The molecular weight excluding hydrogens is 398 g/mol. The number of amides is 3. The minimum Gasteiger partial charge on any atom is -0.390 e. The van der Waals surface area contributed by atoms with Gasteiger partial charge < -0.3 is 26.4 Å². The molecule has 0 bridgehead atoms. The summed E-state index contributed by atoms with van der Waals surface area (Å²) in [6.07, 6.45) is 2.50. The summed E-state index contributed by atoms with van der Waals surface area (Å²) in [7, 11) is 0. The molecule has 1 aromatic rings. The first-order valence-corrected chi connectivity index (χ1v) is 10.8. The molecule has 1 aliphatic heterocycles. The molecule has 2 unspecified atom stereocenters. The van der Waals surface area contributed by atoms with Crippen LogP contribution in [-0.2, 0) is 20.8 Å². The van der Waals surface area contributed by atoms with Crippen LogP contribution in [0.4, 0.5) is 0 Å². The van der Waals surface area contributed by atoms with Gasteiger partial charge in [-0.25, -0.2) is 0 Å². The van der Waals surface area contributed by atoms with E-state index in [0.717, 1.165) is 12.0 Å². The monoisotopic (exact) mass is 429 g/mol. The second kappa shape index (κ2) is 10.4. The van der Waals surface area contributed by atoms with Crippen molar-refractivity contribution >= 4 is 23.6 Å². The van der Waals surface area contributed by atoms with Crippen molar-refractivity contribution in [3.8, 4) is 0 Å². The van der Waals surface area contributed by atoms with E-state index in [-0.39, 0.29) is 36.5 Å². The number of amidine groups is 1. The average molecular weight is 430 g/mol. The predicted molar refractivity (Wildman–Crippen MR) is 115 cm³/mol. The summed E-state index contributed by atoms with van der Waals surface area (Å²) in [5, 5.41) is 23.6. The molecule has 0 radical (unpaired) electrons. The van der Waals surface area contributed by atoms with E-state index >= 15 is 0 Å². The highest BCUT2D eigenvalue weighted by atomic mass is 16.3. The summed E-state index contributed by atoms with van der Waals surface area (Å²) in [5.74, 6) is -1.39. The van der Waals surface area contributed by atoms with Gasteiger partial charge in [0.2, 0.25) is 17.7 Å². The number of aliphatic hydroxyl groups excluding tert-OH is 1. The first kappa shape index (κ1) is 22.7. The van der Waals surface area contributed by atoms with Gasteiger partial charge >= 0.3 is 0 Å². The molecule has 6 N–H and O–H groups in total. The number of rotatable bonds is 7. The highest BCUT2D eigenvalue weighted by Gasteiger charge is 2.36. The lowest BCUT2D eigenvalue weighted by Gasteiger charge is -2.36. The van der Waals surface area contributed by atoms with E-state index in [9.17, 15) is 19.5 Å². The SMILES string of the molecule is N=C(N)C1CCC[C@H](NC(=O)CN2CCC[C@H](NC(=O)Cc3ccccc3)C2=O)C1O. The molecule has 168 valence electrons. The van der Waals surface area contributed by atoms with Gasteiger partial charge in [-0.3, -0.25) is 19.8 Å². The highest BCUT2D eigenvalue weighted by Crippen LogP contribution is 2.25. The number of hydrogen-bond donors (Lipinski definition) is 5. The smallest absolute Gasteiger partial charge is 0.245 e. The lowest BCUT2D eigenvalue weighted by atomic mass is 9.82. The Kier molecular flexibility index (Phi) is 7.62. The molecule has 1 saturated heterocycles. The zero-order valence-corrected chi connectivity index (χ0v) is 17.5. The molecule has 0 spiro atoms. The van der Waals surface area contributed by atoms with Crippen molar-refractivity contribution in [3.05, 3.63) is 35.9 Å². The average Bonchev–Trinajstić information content (AvgIpc) is 2.73. The molecule has 31 heavy (non-hydrogen) atoms. The predicted octanol–water partition coefficient (Wildman–Crippen LogP) is -0.0819. The first-order valence-electron chi connectivity index (χ1n) is 10.8. The van der Waals surface area contributed by atoms with Crippen molar-refractivity contribution in [2.24, 2.45) is 11.7 Å². The highest BCUT2D eigenvalue weighted by molar-refractivity contribution is 5.91. The van der Waals surface area contributed by atoms with E-state index in [4.69, 9.17) is 11.1 Å². The molecule has 1 aliphatic carbocycles. The number of aliphatic hydroxyl groups is 1. The van der Waals surface area contributed by atoms with Crippen LogP contribution in [0.3, 0.4) is 0 Å². The number of likely N-dealkylation sites (tertiary alicyclic amines) is 1. The molecule has 1 saturated carbocycles. The number of carbonyl (C=O) groups excluding carboxylic acids is 3. The van der Waals surface area contributed by atoms with Crippen molar-refractivity contribution in [1.29, 1.82) is 5.41 Å². The number of nitrogens with zero attached hydrogens (tertiary/aromatic N) is 1. The number of nitrogens with one attached hydrogen (secondary N) is 3. The van der Waals surface area contributed by atoms with E-state index in [2.05, 4.69) is 10.6 Å². The zero-order valence-electron chi connectivity index (χ0n) is 17.5. The van der Waals surface area contributed by atoms with Gasteiger partial charge in [0.25, 0.3) is 0 Å². The Morgan fingerprint density at radius 1 is 1.10 bits per heavy atom. The Bertz CT molecular complexity index is 815. The molecule has 9 nitrogen and oxygen atoms in total. The molecule has 3 rings (SSSR count). The van der Waals surface area contributed by atoms with Crippen LogP contribution in [0.15, 0.2) is 30.3 Å². The summed E-state index contributed by atoms with van der Waals surface area (Å²) in [6.45, 7) is 0.318. The fourth-order valence-corrected chi connectivity index (χ4v) is 4.36. The topological polar surface area (TPSA) is 149 Å². The normalized spacial score (nSPS) is 26.2. The van der Waals surface area contributed by atoms with Gasteiger partial charge in [0.05, 0.1) is 30.9 Å². The van der Waals surface area contributed by atoms with Crippen LogP contribution in [0.5, 0.6) is 0 Å². The minimum absolute atomic E-state index is 0.0771. The molecule has 1 aromatic carbocycles. The Hall–Kier alpha value is -2.94. The quantitative estimate of drug-likeness (QED) is 0.304. The number of benzene rings is 1. The van der Waals surface area contributed by atoms with Crippen molar-refractivity contribution < 1.29 is 19.5 Å². The van der Waals surface area contributed by atoms with Gasteiger partial charge in [-0.05, 0) is 31.2 Å². The third-order valence-corrected chi connectivity index (χ3v) is 6.01. The largest absolute Gasteiger partial charge is 0.390 e. The number of nitrogens with two attached hydrogens (primary N) is 1. The van der Waals surface area contributed by atoms with Crippen LogP contribution in [0.2, 0.25) is 0 Å². The van der Waals surface area contributed by atoms with Crippen molar-refractivity contribution in [2.75, 3.05) is 13.1 Å². The van der Waals surface area contributed by atoms with E-state index in [1.807, 2.05) is 30.3 Å². The summed E-state index contributed by atoms with van der Waals surface area (Å²) in [5.41, 5.74) is 6.41. The van der Waals surface area contributed by atoms with E-state index < -0.39 is 24.1 Å². The second-order valence-corrected chi connectivity index (χ2v) is 8.34. The van der Waals surface area contributed by atoms with Crippen LogP contribution in [0.1, 0.15) is 37.7 Å². The van der Waals surface area contributed by atoms with E-state index in [1.165, 1.54) is 4.90 Å². The van der Waals surface area contributed by atoms with Crippen LogP contribution in [-0.4, -0.2) is 64.8 Å². The molecule has 4 atom stereocenters. The van der Waals surface area contributed by atoms with Crippen LogP contribution < -0.4 is 16.4 Å². The van der Waals surface area contributed by atoms with Crippen LogP contribution >= 0.6 is 0 Å². The molecule has 2 aliphatic rings. The third kappa shape index (κ3) is 6.04. The Labute approximate surface area is 181 Å². The molecule has 9 heteroatoms. The van der Waals surface area contributed by atoms with Gasteiger partial charge in [-0.15, -0.1) is 0 Å². The number of carbonyl (C=O) groups is 3. The maximum atomic E-state index is 12.8. The van der Waals surface area contributed by atoms with Gasteiger partial charge in [-0.1, -0.05) is 36.8 Å². The third-order valence-electron chi connectivity index (χ3n) is 6.01. The van der Waals surface area contributed by atoms with Gasteiger partial charge in [0, 0.05) is 12.5 Å². The molecular formula is C22H31N5O4. The standard InChI is InChI=1S/C22H31N5O4/c23-21(24)15-8-4-9-16(20(15)30)25-19(29)13-27-11-5-10-17(22(27)31)26-18(28)12-14-6-2-1-3-7-14/h1-3,6-7,15-17,20,30H,4-5,8-13H2,(H3,23,24)(H,25,29)(H,26,28)/t15?,16-,17-,20?/m0/s1. The minimum atomic E-state index is -0.905. The van der Waals surface area contributed by atoms with Gasteiger partial charge in [-0.2, -0.15) is 0 Å². The van der Waals surface area contributed by atoms with E-state index in [0.29, 0.717) is 32.2 Å². The molecule has 2 fully saturated rings. The summed E-state index contributed by atoms with van der Waals surface area (Å²) in [6, 6.07) is 8.18. The molecule has 0 aromatic heterocycles.